The molecule has 0 radical (unpaired) electrons. The first-order valence-corrected chi connectivity index (χ1v) is 12.0. The summed E-state index contributed by atoms with van der Waals surface area (Å²) in [6, 6.07) is 8.52. The highest BCUT2D eigenvalue weighted by atomic mass is 16.3. The van der Waals surface area contributed by atoms with Crippen molar-refractivity contribution in [2.45, 2.75) is 129 Å². The van der Waals surface area contributed by atoms with Crippen LogP contribution in [0.5, 0.6) is 0 Å². The molecule has 0 amide bonds. The maximum absolute atomic E-state index is 10.2. The summed E-state index contributed by atoms with van der Waals surface area (Å²) in [6.45, 7) is 4.40. The van der Waals surface area contributed by atoms with Gasteiger partial charge in [0, 0.05) is 0 Å². The monoisotopic (exact) mass is 374 g/mol. The fourth-order valence-electron chi connectivity index (χ4n) is 3.96. The third-order valence-electron chi connectivity index (χ3n) is 5.69. The maximum atomic E-state index is 10.2. The van der Waals surface area contributed by atoms with Crippen molar-refractivity contribution in [3.05, 3.63) is 35.4 Å². The predicted octanol–water partition coefficient (Wildman–Crippen LogP) is 8.16. The van der Waals surface area contributed by atoms with Crippen molar-refractivity contribution < 1.29 is 5.11 Å². The Labute approximate surface area is 170 Å². The van der Waals surface area contributed by atoms with Gasteiger partial charge >= 0.3 is 0 Å². The maximum Gasteiger partial charge on any atom is 0.0580 e. The molecule has 0 aromatic heterocycles. The fraction of sp³-hybridized carbons (Fsp3) is 0.769. The van der Waals surface area contributed by atoms with Crippen LogP contribution < -0.4 is 0 Å². The Balaban J connectivity index is 1.81. The highest BCUT2D eigenvalue weighted by molar-refractivity contribution is 5.22. The minimum Gasteiger partial charge on any atom is -0.393 e. The van der Waals surface area contributed by atoms with Crippen molar-refractivity contribution in [3.8, 4) is 0 Å². The molecule has 0 aliphatic carbocycles. The summed E-state index contributed by atoms with van der Waals surface area (Å²) < 4.78 is 0. The largest absolute Gasteiger partial charge is 0.393 e. The van der Waals surface area contributed by atoms with E-state index in [0.717, 1.165) is 12.8 Å². The van der Waals surface area contributed by atoms with Gasteiger partial charge in [-0.1, -0.05) is 133 Å². The van der Waals surface area contributed by atoms with E-state index < -0.39 is 0 Å². The summed E-state index contributed by atoms with van der Waals surface area (Å²) in [6.07, 6.45) is 22.5. The second-order valence-electron chi connectivity index (χ2n) is 8.59. The third-order valence-corrected chi connectivity index (χ3v) is 5.69. The number of benzene rings is 1. The fourth-order valence-corrected chi connectivity index (χ4v) is 3.96. The zero-order valence-electron chi connectivity index (χ0n) is 18.4. The predicted molar refractivity (Wildman–Crippen MR) is 120 cm³/mol. The lowest BCUT2D eigenvalue weighted by molar-refractivity contribution is 0.161. The molecule has 1 rings (SSSR count). The van der Waals surface area contributed by atoms with E-state index in [1.54, 1.807) is 0 Å². The molecule has 1 nitrogen and oxygen atoms in total. The van der Waals surface area contributed by atoms with Gasteiger partial charge in [-0.05, 0) is 25.3 Å². The lowest BCUT2D eigenvalue weighted by Gasteiger charge is -2.11. The van der Waals surface area contributed by atoms with Crippen LogP contribution in [0.4, 0.5) is 0 Å². The van der Waals surface area contributed by atoms with Crippen molar-refractivity contribution in [1.29, 1.82) is 0 Å². The lowest BCUT2D eigenvalue weighted by Crippen LogP contribution is -2.10. The minimum atomic E-state index is -0.172. The van der Waals surface area contributed by atoms with Gasteiger partial charge in [-0.15, -0.1) is 0 Å². The number of aryl methyl sites for hydroxylation is 1. The zero-order valence-corrected chi connectivity index (χ0v) is 18.4. The summed E-state index contributed by atoms with van der Waals surface area (Å²) in [4.78, 5) is 0. The molecule has 156 valence electrons. The number of aliphatic hydroxyl groups is 1. The van der Waals surface area contributed by atoms with Crippen molar-refractivity contribution >= 4 is 0 Å². The number of unbranched alkanes of at least 4 members (excludes halogenated alkanes) is 14. The van der Waals surface area contributed by atoms with Crippen LogP contribution >= 0.6 is 0 Å². The second kappa shape index (κ2) is 17.3. The molecular formula is C26H46O. The molecule has 1 heteroatoms. The molecule has 0 heterocycles. The van der Waals surface area contributed by atoms with Gasteiger partial charge in [0.15, 0.2) is 0 Å². The molecule has 0 saturated heterocycles. The van der Waals surface area contributed by atoms with E-state index in [1.165, 1.54) is 107 Å². The smallest absolute Gasteiger partial charge is 0.0580 e. The molecule has 1 aromatic carbocycles. The Hall–Kier alpha value is -0.820. The first kappa shape index (κ1) is 24.2. The van der Waals surface area contributed by atoms with Gasteiger partial charge in [0.05, 0.1) is 6.10 Å². The molecule has 27 heavy (non-hydrogen) atoms. The Morgan fingerprint density at radius 3 is 1.67 bits per heavy atom. The zero-order chi connectivity index (χ0) is 19.6. The van der Waals surface area contributed by atoms with Crippen molar-refractivity contribution in [2.75, 3.05) is 0 Å². The minimum absolute atomic E-state index is 0.172. The van der Waals surface area contributed by atoms with Crippen LogP contribution in [0.3, 0.4) is 0 Å². The normalized spacial score (nSPS) is 12.4. The SMILES string of the molecule is CCCCCCCCCCCCCCCCCC(O)Cc1cccc(C)c1. The van der Waals surface area contributed by atoms with Crippen LogP contribution in [0, 0.1) is 6.92 Å². The molecule has 1 aromatic rings. The number of hydrogen-bond acceptors (Lipinski definition) is 1. The molecule has 0 aliphatic heterocycles. The first-order valence-electron chi connectivity index (χ1n) is 12.0. The van der Waals surface area contributed by atoms with E-state index in [4.69, 9.17) is 0 Å². The molecular weight excluding hydrogens is 328 g/mol. The highest BCUT2D eigenvalue weighted by Crippen LogP contribution is 2.15. The Kier molecular flexibility index (Phi) is 15.5. The van der Waals surface area contributed by atoms with E-state index in [2.05, 4.69) is 38.1 Å². The quantitative estimate of drug-likeness (QED) is 0.257. The molecule has 0 bridgehead atoms. The van der Waals surface area contributed by atoms with Crippen molar-refractivity contribution in [1.82, 2.24) is 0 Å². The van der Waals surface area contributed by atoms with Crippen molar-refractivity contribution in [2.24, 2.45) is 0 Å². The molecule has 0 spiro atoms. The van der Waals surface area contributed by atoms with Crippen LogP contribution in [-0.2, 0) is 6.42 Å². The number of rotatable bonds is 18. The second-order valence-corrected chi connectivity index (χ2v) is 8.59. The summed E-state index contributed by atoms with van der Waals surface area (Å²) in [7, 11) is 0. The highest BCUT2D eigenvalue weighted by Gasteiger charge is 2.05. The standard InChI is InChI=1S/C26H46O/c1-3-4-5-6-7-8-9-10-11-12-13-14-15-16-17-21-26(27)23-25-20-18-19-24(2)22-25/h18-20,22,26-27H,3-17,21,23H2,1-2H3. The van der Waals surface area contributed by atoms with E-state index in [1.807, 2.05) is 0 Å². The van der Waals surface area contributed by atoms with Gasteiger partial charge in [0.1, 0.15) is 0 Å². The van der Waals surface area contributed by atoms with Crippen molar-refractivity contribution in [3.63, 3.8) is 0 Å². The Bertz CT molecular complexity index is 440. The van der Waals surface area contributed by atoms with Gasteiger partial charge < -0.3 is 5.11 Å². The molecule has 1 unspecified atom stereocenters. The van der Waals surface area contributed by atoms with E-state index in [0.29, 0.717) is 0 Å². The number of hydrogen-bond donors (Lipinski definition) is 1. The van der Waals surface area contributed by atoms with Gasteiger partial charge in [-0.2, -0.15) is 0 Å². The van der Waals surface area contributed by atoms with Crippen LogP contribution in [-0.4, -0.2) is 11.2 Å². The summed E-state index contributed by atoms with van der Waals surface area (Å²) in [5.74, 6) is 0. The Morgan fingerprint density at radius 1 is 0.704 bits per heavy atom. The summed E-state index contributed by atoms with van der Waals surface area (Å²) >= 11 is 0. The van der Waals surface area contributed by atoms with Crippen LogP contribution in [0.1, 0.15) is 121 Å². The molecule has 0 fully saturated rings. The molecule has 0 aliphatic rings. The van der Waals surface area contributed by atoms with E-state index in [-0.39, 0.29) is 6.10 Å². The lowest BCUT2D eigenvalue weighted by atomic mass is 10.0. The van der Waals surface area contributed by atoms with E-state index >= 15 is 0 Å². The average molecular weight is 375 g/mol. The van der Waals surface area contributed by atoms with Gasteiger partial charge in [-0.25, -0.2) is 0 Å². The topological polar surface area (TPSA) is 20.2 Å². The van der Waals surface area contributed by atoms with Gasteiger partial charge in [0.25, 0.3) is 0 Å². The molecule has 1 N–H and O–H groups in total. The molecule has 0 saturated carbocycles. The van der Waals surface area contributed by atoms with Crippen LogP contribution in [0.25, 0.3) is 0 Å². The number of aliphatic hydroxyl groups excluding tert-OH is 1. The Morgan fingerprint density at radius 2 is 1.19 bits per heavy atom. The first-order chi connectivity index (χ1) is 13.2. The van der Waals surface area contributed by atoms with Crippen LogP contribution in [0.2, 0.25) is 0 Å². The summed E-state index contributed by atoms with van der Waals surface area (Å²) in [5.41, 5.74) is 2.55. The summed E-state index contributed by atoms with van der Waals surface area (Å²) in [5, 5.41) is 10.2. The van der Waals surface area contributed by atoms with Gasteiger partial charge in [-0.3, -0.25) is 0 Å². The third kappa shape index (κ3) is 14.9. The van der Waals surface area contributed by atoms with Gasteiger partial charge in [0.2, 0.25) is 0 Å². The van der Waals surface area contributed by atoms with E-state index in [9.17, 15) is 5.11 Å². The molecule has 1 atom stereocenters. The average Bonchev–Trinajstić information content (AvgIpc) is 2.65. The van der Waals surface area contributed by atoms with Crippen LogP contribution in [0.15, 0.2) is 24.3 Å².